The van der Waals surface area contributed by atoms with E-state index in [0.717, 1.165) is 32.1 Å². The predicted molar refractivity (Wildman–Crippen MR) is 171 cm³/mol. The fourth-order valence-electron chi connectivity index (χ4n) is 4.66. The number of unbranched alkanes of at least 4 members (excludes halogenated alkanes) is 18. The zero-order valence-electron chi connectivity index (χ0n) is 28.2. The average molecular weight is 622 g/mol. The second kappa shape index (κ2) is 28.0. The Kier molecular flexibility index (Phi) is 27.7. The van der Waals surface area contributed by atoms with E-state index < -0.39 is 13.9 Å². The van der Waals surface area contributed by atoms with Crippen LogP contribution in [0, 0.1) is 0 Å². The summed E-state index contributed by atoms with van der Waals surface area (Å²) < 4.78 is 34.2. The maximum atomic E-state index is 12.5. The van der Waals surface area contributed by atoms with Crippen LogP contribution in [-0.4, -0.2) is 70.7 Å². The molecule has 42 heavy (non-hydrogen) atoms. The Balaban J connectivity index is 4.31. The number of likely N-dealkylation sites (N-methyl/N-ethyl adjacent to an activating group) is 1. The number of carbonyl (C=O) groups is 1. The fraction of sp³-hybridized carbons (Fsp3) is 0.970. The molecule has 0 N–H and O–H groups in total. The second-order valence-electron chi connectivity index (χ2n) is 12.9. The van der Waals surface area contributed by atoms with Crippen molar-refractivity contribution in [1.29, 1.82) is 0 Å². The molecule has 0 bridgehead atoms. The highest BCUT2D eigenvalue weighted by Gasteiger charge is 2.20. The van der Waals surface area contributed by atoms with E-state index in [1.165, 1.54) is 96.3 Å². The monoisotopic (exact) mass is 621 g/mol. The number of rotatable bonds is 32. The third-order valence-electron chi connectivity index (χ3n) is 7.41. The van der Waals surface area contributed by atoms with Gasteiger partial charge >= 0.3 is 5.97 Å². The van der Waals surface area contributed by atoms with Gasteiger partial charge in [-0.3, -0.25) is 9.36 Å². The first-order valence-electron chi connectivity index (χ1n) is 17.3. The Hall–Kier alpha value is -0.500. The lowest BCUT2D eigenvalue weighted by Gasteiger charge is -2.28. The van der Waals surface area contributed by atoms with Crippen molar-refractivity contribution in [2.75, 3.05) is 54.1 Å². The van der Waals surface area contributed by atoms with Gasteiger partial charge in [0, 0.05) is 13.0 Å². The van der Waals surface area contributed by atoms with Crippen LogP contribution in [0.2, 0.25) is 0 Å². The van der Waals surface area contributed by atoms with Crippen molar-refractivity contribution >= 4 is 13.8 Å². The Morgan fingerprint density at radius 3 is 1.57 bits per heavy atom. The topological polar surface area (TPSA) is 94.1 Å². The number of nitrogens with zero attached hydrogens (tertiary/aromatic N) is 1. The van der Waals surface area contributed by atoms with E-state index in [-0.39, 0.29) is 25.8 Å². The van der Waals surface area contributed by atoms with Crippen molar-refractivity contribution in [1.82, 2.24) is 0 Å². The number of ether oxygens (including phenoxy) is 2. The molecule has 0 rings (SSSR count). The highest BCUT2D eigenvalue weighted by atomic mass is 31.2. The number of hydrogen-bond acceptors (Lipinski definition) is 7. The Labute approximate surface area is 259 Å². The summed E-state index contributed by atoms with van der Waals surface area (Å²) in [5.74, 6) is -0.335. The zero-order valence-corrected chi connectivity index (χ0v) is 29.1. The summed E-state index contributed by atoms with van der Waals surface area (Å²) in [6, 6.07) is 0. The highest BCUT2D eigenvalue weighted by Crippen LogP contribution is 2.38. The van der Waals surface area contributed by atoms with E-state index in [1.807, 2.05) is 21.1 Å². The second-order valence-corrected chi connectivity index (χ2v) is 14.3. The van der Waals surface area contributed by atoms with Crippen molar-refractivity contribution in [2.24, 2.45) is 0 Å². The Morgan fingerprint density at radius 2 is 1.10 bits per heavy atom. The van der Waals surface area contributed by atoms with Gasteiger partial charge in [0.2, 0.25) is 0 Å². The van der Waals surface area contributed by atoms with Crippen LogP contribution in [0.25, 0.3) is 0 Å². The number of phosphoric acid groups is 1. The summed E-state index contributed by atoms with van der Waals surface area (Å²) in [7, 11) is 1.36. The van der Waals surface area contributed by atoms with Gasteiger partial charge in [-0.25, -0.2) is 0 Å². The predicted octanol–water partition coefficient (Wildman–Crippen LogP) is 8.35. The quantitative estimate of drug-likeness (QED) is 0.0322. The van der Waals surface area contributed by atoms with Gasteiger partial charge in [-0.1, -0.05) is 129 Å². The molecule has 2 atom stereocenters. The van der Waals surface area contributed by atoms with Crippen LogP contribution in [0.15, 0.2) is 0 Å². The van der Waals surface area contributed by atoms with Crippen LogP contribution in [0.1, 0.15) is 149 Å². The van der Waals surface area contributed by atoms with Crippen molar-refractivity contribution in [3.8, 4) is 0 Å². The smallest absolute Gasteiger partial charge is 0.306 e. The molecule has 0 aliphatic rings. The SMILES string of the molecule is CCCCCCCCCCCCCCC(=O)OC(COCCCCCCCCCC)COP(=O)([O-])OCC[N+](C)(C)C. The first-order valence-corrected chi connectivity index (χ1v) is 18.7. The third kappa shape index (κ3) is 30.9. The fourth-order valence-corrected chi connectivity index (χ4v) is 5.39. The largest absolute Gasteiger partial charge is 0.756 e. The van der Waals surface area contributed by atoms with Crippen molar-refractivity contribution in [2.45, 2.75) is 155 Å². The summed E-state index contributed by atoms with van der Waals surface area (Å²) in [6.45, 7) is 5.39. The van der Waals surface area contributed by atoms with Gasteiger partial charge in [-0.05, 0) is 12.8 Å². The average Bonchev–Trinajstić information content (AvgIpc) is 2.92. The maximum Gasteiger partial charge on any atom is 0.306 e. The highest BCUT2D eigenvalue weighted by molar-refractivity contribution is 7.45. The first-order chi connectivity index (χ1) is 20.1. The molecule has 2 unspecified atom stereocenters. The molecule has 0 aromatic carbocycles. The Morgan fingerprint density at radius 1 is 0.643 bits per heavy atom. The van der Waals surface area contributed by atoms with Gasteiger partial charge in [0.1, 0.15) is 19.3 Å². The van der Waals surface area contributed by atoms with E-state index in [1.54, 1.807) is 0 Å². The van der Waals surface area contributed by atoms with E-state index in [4.69, 9.17) is 18.5 Å². The van der Waals surface area contributed by atoms with Gasteiger partial charge in [0.15, 0.2) is 0 Å². The maximum absolute atomic E-state index is 12.5. The minimum Gasteiger partial charge on any atom is -0.756 e. The summed E-state index contributed by atoms with van der Waals surface area (Å²) in [4.78, 5) is 24.8. The summed E-state index contributed by atoms with van der Waals surface area (Å²) in [6.07, 6.45) is 23.9. The van der Waals surface area contributed by atoms with Crippen LogP contribution in [-0.2, 0) is 27.9 Å². The minimum absolute atomic E-state index is 0.0304. The molecule has 9 heteroatoms. The molecular weight excluding hydrogens is 553 g/mol. The van der Waals surface area contributed by atoms with Crippen molar-refractivity contribution < 1.29 is 37.3 Å². The van der Waals surface area contributed by atoms with Gasteiger partial charge in [0.25, 0.3) is 7.82 Å². The molecule has 0 fully saturated rings. The van der Waals surface area contributed by atoms with E-state index >= 15 is 0 Å². The molecule has 0 aromatic heterocycles. The molecule has 0 saturated heterocycles. The lowest BCUT2D eigenvalue weighted by molar-refractivity contribution is -0.870. The van der Waals surface area contributed by atoms with E-state index in [0.29, 0.717) is 24.1 Å². The van der Waals surface area contributed by atoms with Crippen LogP contribution in [0.5, 0.6) is 0 Å². The van der Waals surface area contributed by atoms with E-state index in [2.05, 4.69) is 13.8 Å². The number of phosphoric ester groups is 1. The zero-order chi connectivity index (χ0) is 31.4. The molecule has 0 aliphatic heterocycles. The molecule has 0 aliphatic carbocycles. The molecule has 252 valence electrons. The molecular formula is C33H68NO7P. The van der Waals surface area contributed by atoms with E-state index in [9.17, 15) is 14.3 Å². The number of quaternary nitrogens is 1. The van der Waals surface area contributed by atoms with Crippen LogP contribution in [0.4, 0.5) is 0 Å². The van der Waals surface area contributed by atoms with Gasteiger partial charge < -0.3 is 27.9 Å². The van der Waals surface area contributed by atoms with Crippen LogP contribution >= 0.6 is 7.82 Å². The molecule has 0 aromatic rings. The summed E-state index contributed by atoms with van der Waals surface area (Å²) in [5, 5.41) is 0. The number of esters is 1. The lowest BCUT2D eigenvalue weighted by Crippen LogP contribution is -2.37. The van der Waals surface area contributed by atoms with Crippen LogP contribution in [0.3, 0.4) is 0 Å². The van der Waals surface area contributed by atoms with Gasteiger partial charge in [-0.15, -0.1) is 0 Å². The van der Waals surface area contributed by atoms with Crippen molar-refractivity contribution in [3.05, 3.63) is 0 Å². The molecule has 0 saturated carbocycles. The molecule has 8 nitrogen and oxygen atoms in total. The molecule has 0 amide bonds. The van der Waals surface area contributed by atoms with Gasteiger partial charge in [-0.2, -0.15) is 0 Å². The lowest BCUT2D eigenvalue weighted by atomic mass is 10.0. The van der Waals surface area contributed by atoms with Crippen LogP contribution < -0.4 is 4.89 Å². The molecule has 0 radical (unpaired) electrons. The molecule has 0 heterocycles. The normalized spacial score (nSPS) is 14.1. The number of hydrogen-bond donors (Lipinski definition) is 0. The summed E-state index contributed by atoms with van der Waals surface area (Å²) in [5.41, 5.74) is 0. The number of carbonyl (C=O) groups excluding carboxylic acids is 1. The Bertz CT molecular complexity index is 657. The first kappa shape index (κ1) is 41.5. The minimum atomic E-state index is -4.50. The standard InChI is InChI=1S/C33H68NO7P/c1-6-8-10-12-14-16-17-18-19-20-22-24-26-33(35)41-32(30-38-28-25-23-21-15-13-11-9-7-2)31-40-42(36,37)39-29-27-34(3,4)5/h32H,6-31H2,1-5H3. The summed E-state index contributed by atoms with van der Waals surface area (Å²) >= 11 is 0. The third-order valence-corrected chi connectivity index (χ3v) is 8.37. The van der Waals surface area contributed by atoms with Crippen molar-refractivity contribution in [3.63, 3.8) is 0 Å². The molecule has 0 spiro atoms. The van der Waals surface area contributed by atoms with Gasteiger partial charge in [0.05, 0.1) is 34.4 Å².